The molecule has 0 aromatic carbocycles. The van der Waals surface area contributed by atoms with Gasteiger partial charge < -0.3 is 9.47 Å². The Morgan fingerprint density at radius 1 is 1.07 bits per heavy atom. The maximum absolute atomic E-state index is 11.4. The highest BCUT2D eigenvalue weighted by Crippen LogP contribution is 2.44. The van der Waals surface area contributed by atoms with E-state index in [-0.39, 0.29) is 49.3 Å². The highest BCUT2D eigenvalue weighted by atomic mass is 32.2. The van der Waals surface area contributed by atoms with Gasteiger partial charge in [0.1, 0.15) is 0 Å². The number of rotatable bonds is 9. The molecule has 0 aromatic heterocycles. The van der Waals surface area contributed by atoms with Gasteiger partial charge in [-0.3, -0.25) is 8.37 Å². The fourth-order valence-electron chi connectivity index (χ4n) is 4.00. The van der Waals surface area contributed by atoms with E-state index < -0.39 is 20.2 Å². The van der Waals surface area contributed by atoms with Gasteiger partial charge in [0, 0.05) is 6.61 Å². The van der Waals surface area contributed by atoms with Crippen molar-refractivity contribution in [3.05, 3.63) is 0 Å². The molecule has 1 heterocycles. The monoisotopic (exact) mass is 428 g/mol. The van der Waals surface area contributed by atoms with Crippen molar-refractivity contribution < 1.29 is 34.7 Å². The van der Waals surface area contributed by atoms with Crippen LogP contribution in [-0.4, -0.2) is 61.6 Å². The molecular formula is C17H32O8S2. The molecule has 1 unspecified atom stereocenters. The number of hydrogen-bond acceptors (Lipinski definition) is 8. The van der Waals surface area contributed by atoms with Crippen LogP contribution in [0.2, 0.25) is 0 Å². The molecule has 2 aliphatic rings. The molecule has 0 bridgehead atoms. The van der Waals surface area contributed by atoms with Crippen LogP contribution < -0.4 is 0 Å². The van der Waals surface area contributed by atoms with Crippen molar-refractivity contribution in [3.8, 4) is 0 Å². The molecule has 27 heavy (non-hydrogen) atoms. The molecule has 160 valence electrons. The van der Waals surface area contributed by atoms with Crippen LogP contribution in [-0.2, 0) is 38.1 Å². The summed E-state index contributed by atoms with van der Waals surface area (Å²) in [4.78, 5) is 0. The van der Waals surface area contributed by atoms with Gasteiger partial charge in [0.25, 0.3) is 20.2 Å². The van der Waals surface area contributed by atoms with Crippen LogP contribution in [0.1, 0.15) is 39.5 Å². The lowest BCUT2D eigenvalue weighted by Gasteiger charge is -2.29. The molecule has 1 saturated heterocycles. The lowest BCUT2D eigenvalue weighted by molar-refractivity contribution is -0.195. The largest absolute Gasteiger partial charge is 0.353 e. The van der Waals surface area contributed by atoms with Crippen molar-refractivity contribution in [2.75, 3.05) is 32.3 Å². The smallest absolute Gasteiger partial charge is 0.264 e. The van der Waals surface area contributed by atoms with Crippen molar-refractivity contribution in [1.29, 1.82) is 0 Å². The van der Waals surface area contributed by atoms with Crippen LogP contribution in [0.3, 0.4) is 0 Å². The Morgan fingerprint density at radius 3 is 2.30 bits per heavy atom. The maximum atomic E-state index is 11.4. The van der Waals surface area contributed by atoms with Gasteiger partial charge in [0.2, 0.25) is 0 Å². The minimum atomic E-state index is -3.56. The zero-order valence-electron chi connectivity index (χ0n) is 16.5. The highest BCUT2D eigenvalue weighted by molar-refractivity contribution is 7.86. The van der Waals surface area contributed by atoms with E-state index in [1.54, 1.807) is 0 Å². The first-order valence-corrected chi connectivity index (χ1v) is 13.1. The molecule has 0 amide bonds. The predicted octanol–water partition coefficient (Wildman–Crippen LogP) is 1.76. The first-order chi connectivity index (χ1) is 12.5. The predicted molar refractivity (Wildman–Crippen MR) is 100.0 cm³/mol. The number of hydrogen-bond donors (Lipinski definition) is 0. The molecule has 6 atom stereocenters. The van der Waals surface area contributed by atoms with Gasteiger partial charge in [-0.15, -0.1) is 0 Å². The topological polar surface area (TPSA) is 105 Å². The van der Waals surface area contributed by atoms with Crippen molar-refractivity contribution >= 4 is 20.2 Å². The zero-order chi connectivity index (χ0) is 20.2. The molecule has 1 saturated carbocycles. The van der Waals surface area contributed by atoms with Crippen LogP contribution in [0.15, 0.2) is 0 Å². The summed E-state index contributed by atoms with van der Waals surface area (Å²) in [5, 5.41) is 0. The summed E-state index contributed by atoms with van der Waals surface area (Å²) in [5.41, 5.74) is 0. The SMILES string of the molecule is C[C@H]1[C@H](COS(C)(=O)=O)[C@H]([C@@H](C)COS(C)(=O)=O)C[C@H]1OC1CCCCO1. The maximum Gasteiger partial charge on any atom is 0.264 e. The average molecular weight is 429 g/mol. The summed E-state index contributed by atoms with van der Waals surface area (Å²) >= 11 is 0. The van der Waals surface area contributed by atoms with Crippen LogP contribution >= 0.6 is 0 Å². The summed E-state index contributed by atoms with van der Waals surface area (Å²) in [6, 6.07) is 0. The van der Waals surface area contributed by atoms with Gasteiger partial charge >= 0.3 is 0 Å². The molecule has 2 rings (SSSR count). The van der Waals surface area contributed by atoms with Gasteiger partial charge in [0.15, 0.2) is 6.29 Å². The second-order valence-corrected chi connectivity index (χ2v) is 11.1. The van der Waals surface area contributed by atoms with Crippen LogP contribution in [0.5, 0.6) is 0 Å². The molecule has 1 aliphatic heterocycles. The fourth-order valence-corrected chi connectivity index (χ4v) is 4.87. The average Bonchev–Trinajstić information content (AvgIpc) is 2.86. The molecule has 0 N–H and O–H groups in total. The van der Waals surface area contributed by atoms with Crippen LogP contribution in [0, 0.1) is 23.7 Å². The van der Waals surface area contributed by atoms with E-state index in [4.69, 9.17) is 17.8 Å². The third kappa shape index (κ3) is 7.58. The Labute approximate surface area is 163 Å². The van der Waals surface area contributed by atoms with E-state index in [1.807, 2.05) is 13.8 Å². The minimum absolute atomic E-state index is 0.0251. The van der Waals surface area contributed by atoms with Gasteiger partial charge in [-0.05, 0) is 49.4 Å². The van der Waals surface area contributed by atoms with E-state index in [0.29, 0.717) is 13.0 Å². The van der Waals surface area contributed by atoms with Crippen molar-refractivity contribution in [2.45, 2.75) is 51.9 Å². The first kappa shape index (κ1) is 23.0. The lowest BCUT2D eigenvalue weighted by atomic mass is 9.83. The normalized spacial score (nSPS) is 33.9. The van der Waals surface area contributed by atoms with Crippen molar-refractivity contribution in [3.63, 3.8) is 0 Å². The molecule has 8 nitrogen and oxygen atoms in total. The summed E-state index contributed by atoms with van der Waals surface area (Å²) in [6.07, 6.45) is 5.37. The second kappa shape index (κ2) is 9.49. The van der Waals surface area contributed by atoms with Crippen molar-refractivity contribution in [2.24, 2.45) is 23.7 Å². The Balaban J connectivity index is 2.06. The molecule has 1 aliphatic carbocycles. The molecule has 0 radical (unpaired) electrons. The molecule has 10 heteroatoms. The molecule has 2 fully saturated rings. The number of ether oxygens (including phenoxy) is 2. The first-order valence-electron chi connectivity index (χ1n) is 9.42. The minimum Gasteiger partial charge on any atom is -0.353 e. The van der Waals surface area contributed by atoms with Crippen LogP contribution in [0.4, 0.5) is 0 Å². The quantitative estimate of drug-likeness (QED) is 0.512. The molecule has 0 spiro atoms. The second-order valence-electron chi connectivity index (χ2n) is 7.85. The third-order valence-electron chi connectivity index (χ3n) is 5.53. The lowest BCUT2D eigenvalue weighted by Crippen LogP contribution is -2.31. The summed E-state index contributed by atoms with van der Waals surface area (Å²) in [5.74, 6) is -0.0808. The zero-order valence-corrected chi connectivity index (χ0v) is 18.1. The Morgan fingerprint density at radius 2 is 1.74 bits per heavy atom. The van der Waals surface area contributed by atoms with E-state index in [9.17, 15) is 16.8 Å². The Bertz CT molecular complexity index is 669. The van der Waals surface area contributed by atoms with Gasteiger partial charge in [-0.2, -0.15) is 16.8 Å². The summed E-state index contributed by atoms with van der Waals surface area (Å²) in [7, 11) is -7.09. The van der Waals surface area contributed by atoms with Gasteiger partial charge in [-0.25, -0.2) is 0 Å². The molecular weight excluding hydrogens is 396 g/mol. The Hall–Kier alpha value is -0.260. The highest BCUT2D eigenvalue weighted by Gasteiger charge is 2.45. The summed E-state index contributed by atoms with van der Waals surface area (Å²) in [6.45, 7) is 4.73. The van der Waals surface area contributed by atoms with Crippen LogP contribution in [0.25, 0.3) is 0 Å². The fraction of sp³-hybridized carbons (Fsp3) is 1.00. The van der Waals surface area contributed by atoms with E-state index in [2.05, 4.69) is 0 Å². The standard InChI is InChI=1S/C17H32O8S2/c1-12(10-23-26(3,18)19)14-9-16(25-17-7-5-6-8-22-17)13(2)15(14)11-24-27(4,20)21/h12-17H,5-11H2,1-4H3/t12-,13-,14-,15-,16+,17?/m0/s1. The van der Waals surface area contributed by atoms with E-state index >= 15 is 0 Å². The van der Waals surface area contributed by atoms with E-state index in [1.165, 1.54) is 0 Å². The summed E-state index contributed by atoms with van der Waals surface area (Å²) < 4.78 is 67.4. The third-order valence-corrected chi connectivity index (χ3v) is 6.66. The Kier molecular flexibility index (Phi) is 8.09. The van der Waals surface area contributed by atoms with Gasteiger partial charge in [-0.1, -0.05) is 13.8 Å². The molecule has 0 aromatic rings. The van der Waals surface area contributed by atoms with E-state index in [0.717, 1.165) is 31.8 Å². The van der Waals surface area contributed by atoms with Crippen molar-refractivity contribution in [1.82, 2.24) is 0 Å². The van der Waals surface area contributed by atoms with Gasteiger partial charge in [0.05, 0.1) is 31.8 Å².